The molecule has 0 aliphatic carbocycles. The average Bonchev–Trinajstić information content (AvgIpc) is 2.82. The van der Waals surface area contributed by atoms with Gasteiger partial charge in [0.1, 0.15) is 5.82 Å². The van der Waals surface area contributed by atoms with Gasteiger partial charge < -0.3 is 15.5 Å². The number of pyridine rings is 1. The van der Waals surface area contributed by atoms with Crippen LogP contribution in [0.4, 0.5) is 28.6 Å². The first-order valence-electron chi connectivity index (χ1n) is 12.4. The van der Waals surface area contributed by atoms with E-state index in [1.165, 1.54) is 18.4 Å². The van der Waals surface area contributed by atoms with E-state index in [-0.39, 0.29) is 0 Å². The van der Waals surface area contributed by atoms with Gasteiger partial charge >= 0.3 is 0 Å². The Hall–Kier alpha value is -3.10. The molecule has 0 saturated carbocycles. The Bertz CT molecular complexity index is 1290. The Morgan fingerprint density at radius 1 is 0.917 bits per heavy atom. The number of nitrogens with zero attached hydrogens (tertiary/aromatic N) is 2. The van der Waals surface area contributed by atoms with Gasteiger partial charge in [0.25, 0.3) is 0 Å². The molecular weight excluding hydrogens is 470 g/mol. The normalized spacial score (nSPS) is 15.5. The van der Waals surface area contributed by atoms with E-state index < -0.39 is 14.8 Å². The molecule has 192 valence electrons. The maximum Gasteiger partial charge on any atom is 0.237 e. The molecule has 0 bridgehead atoms. The Morgan fingerprint density at radius 3 is 2.25 bits per heavy atom. The predicted octanol–water partition coefficient (Wildman–Crippen LogP) is 6.23. The van der Waals surface area contributed by atoms with Crippen LogP contribution in [0.2, 0.25) is 0 Å². The standard InChI is InChI=1S/C28H37N5O2S/c1-20-19-29-27(31-23-11-9-21(10-12-23)22-13-15-33(5)16-14-22)18-26(20)30-24-7-6-8-25(17-24)32-36(34,35)28(2,3)4/h6-12,17-19,22,32H,13-16H2,1-5H3,(H2,29,30,31). The van der Waals surface area contributed by atoms with Gasteiger partial charge in [-0.05, 0) is 108 Å². The van der Waals surface area contributed by atoms with Crippen molar-refractivity contribution in [1.82, 2.24) is 9.88 Å². The molecule has 3 aromatic rings. The van der Waals surface area contributed by atoms with Crippen molar-refractivity contribution in [3.05, 3.63) is 71.9 Å². The van der Waals surface area contributed by atoms with Gasteiger partial charge in [-0.2, -0.15) is 0 Å². The highest BCUT2D eigenvalue weighted by molar-refractivity contribution is 7.94. The molecule has 0 amide bonds. The number of anilines is 5. The SMILES string of the molecule is Cc1cnc(Nc2ccc(C3CCN(C)CC3)cc2)cc1Nc1cccc(NS(=O)(=O)C(C)(C)C)c1. The fourth-order valence-corrected chi connectivity index (χ4v) is 4.92. The topological polar surface area (TPSA) is 86.4 Å². The third-order valence-electron chi connectivity index (χ3n) is 6.68. The first-order valence-corrected chi connectivity index (χ1v) is 13.9. The first-order chi connectivity index (χ1) is 17.0. The molecule has 1 fully saturated rings. The zero-order chi connectivity index (χ0) is 25.9. The van der Waals surface area contributed by atoms with Gasteiger partial charge in [-0.1, -0.05) is 18.2 Å². The highest BCUT2D eigenvalue weighted by Crippen LogP contribution is 2.30. The van der Waals surface area contributed by atoms with Crippen LogP contribution in [0.1, 0.15) is 50.7 Å². The summed E-state index contributed by atoms with van der Waals surface area (Å²) >= 11 is 0. The van der Waals surface area contributed by atoms with Crippen molar-refractivity contribution >= 4 is 38.6 Å². The van der Waals surface area contributed by atoms with Crippen LogP contribution in [-0.2, 0) is 10.0 Å². The summed E-state index contributed by atoms with van der Waals surface area (Å²) in [7, 11) is -1.32. The molecule has 2 heterocycles. The molecule has 2 aromatic carbocycles. The van der Waals surface area contributed by atoms with E-state index >= 15 is 0 Å². The quantitative estimate of drug-likeness (QED) is 0.352. The summed E-state index contributed by atoms with van der Waals surface area (Å²) in [4.78, 5) is 6.93. The van der Waals surface area contributed by atoms with E-state index in [1.807, 2.05) is 31.3 Å². The molecule has 0 radical (unpaired) electrons. The number of nitrogens with one attached hydrogen (secondary N) is 3. The van der Waals surface area contributed by atoms with Gasteiger partial charge in [-0.15, -0.1) is 0 Å². The van der Waals surface area contributed by atoms with Crippen molar-refractivity contribution in [2.75, 3.05) is 35.5 Å². The van der Waals surface area contributed by atoms with E-state index in [4.69, 9.17) is 0 Å². The van der Waals surface area contributed by atoms with E-state index in [9.17, 15) is 8.42 Å². The second-order valence-electron chi connectivity index (χ2n) is 10.6. The maximum atomic E-state index is 12.5. The molecular formula is C28H37N5O2S. The van der Waals surface area contributed by atoms with Gasteiger partial charge in [0.2, 0.25) is 10.0 Å². The van der Waals surface area contributed by atoms with E-state index in [0.29, 0.717) is 11.6 Å². The number of likely N-dealkylation sites (tertiary alicyclic amines) is 1. The second kappa shape index (κ2) is 10.5. The zero-order valence-corrected chi connectivity index (χ0v) is 22.6. The molecule has 0 unspecified atom stereocenters. The van der Waals surface area contributed by atoms with Crippen molar-refractivity contribution in [2.24, 2.45) is 0 Å². The number of piperidine rings is 1. The third-order valence-corrected chi connectivity index (χ3v) is 8.79. The summed E-state index contributed by atoms with van der Waals surface area (Å²) in [6.07, 6.45) is 4.23. The van der Waals surface area contributed by atoms with Crippen LogP contribution in [0.25, 0.3) is 0 Å². The summed E-state index contributed by atoms with van der Waals surface area (Å²) in [6.45, 7) is 9.32. The lowest BCUT2D eigenvalue weighted by Gasteiger charge is -2.29. The summed E-state index contributed by atoms with van der Waals surface area (Å²) in [5.74, 6) is 1.37. The van der Waals surface area contributed by atoms with Crippen LogP contribution < -0.4 is 15.4 Å². The van der Waals surface area contributed by atoms with E-state index in [0.717, 1.165) is 41.5 Å². The molecule has 7 nitrogen and oxygen atoms in total. The number of benzene rings is 2. The Kier molecular flexibility index (Phi) is 7.57. The number of hydrogen-bond acceptors (Lipinski definition) is 6. The van der Waals surface area contributed by atoms with Gasteiger partial charge in [-0.25, -0.2) is 13.4 Å². The third kappa shape index (κ3) is 6.36. The van der Waals surface area contributed by atoms with Crippen LogP contribution in [0, 0.1) is 6.92 Å². The Labute approximate surface area is 215 Å². The lowest BCUT2D eigenvalue weighted by Crippen LogP contribution is -2.33. The van der Waals surface area contributed by atoms with Crippen LogP contribution in [0.5, 0.6) is 0 Å². The minimum Gasteiger partial charge on any atom is -0.355 e. The highest BCUT2D eigenvalue weighted by Gasteiger charge is 2.28. The number of aryl methyl sites for hydroxylation is 1. The van der Waals surface area contributed by atoms with Crippen molar-refractivity contribution in [3.8, 4) is 0 Å². The van der Waals surface area contributed by atoms with Crippen molar-refractivity contribution < 1.29 is 8.42 Å². The molecule has 4 rings (SSSR count). The first kappa shape index (κ1) is 26.0. The van der Waals surface area contributed by atoms with Crippen molar-refractivity contribution in [2.45, 2.75) is 51.2 Å². The maximum absolute atomic E-state index is 12.5. The van der Waals surface area contributed by atoms with Gasteiger partial charge in [0.15, 0.2) is 0 Å². The van der Waals surface area contributed by atoms with Crippen LogP contribution in [0.15, 0.2) is 60.8 Å². The van der Waals surface area contributed by atoms with Crippen molar-refractivity contribution in [1.29, 1.82) is 0 Å². The van der Waals surface area contributed by atoms with Gasteiger partial charge in [-0.3, -0.25) is 4.72 Å². The monoisotopic (exact) mass is 507 g/mol. The molecule has 0 atom stereocenters. The number of aromatic nitrogens is 1. The summed E-state index contributed by atoms with van der Waals surface area (Å²) in [5, 5.41) is 6.80. The summed E-state index contributed by atoms with van der Waals surface area (Å²) in [5.41, 5.74) is 5.57. The van der Waals surface area contributed by atoms with Crippen LogP contribution in [-0.4, -0.2) is 43.2 Å². The Morgan fingerprint density at radius 2 is 1.58 bits per heavy atom. The minimum absolute atomic E-state index is 0.518. The van der Waals surface area contributed by atoms with Crippen LogP contribution in [0.3, 0.4) is 0 Å². The molecule has 0 spiro atoms. The Balaban J connectivity index is 1.45. The molecule has 1 aliphatic rings. The summed E-state index contributed by atoms with van der Waals surface area (Å²) in [6, 6.07) is 17.9. The van der Waals surface area contributed by atoms with Crippen molar-refractivity contribution in [3.63, 3.8) is 0 Å². The van der Waals surface area contributed by atoms with E-state index in [2.05, 4.69) is 56.6 Å². The van der Waals surface area contributed by atoms with Gasteiger partial charge in [0, 0.05) is 29.3 Å². The van der Waals surface area contributed by atoms with Crippen LogP contribution >= 0.6 is 0 Å². The second-order valence-corrected chi connectivity index (χ2v) is 13.1. The number of hydrogen-bond donors (Lipinski definition) is 3. The van der Waals surface area contributed by atoms with E-state index in [1.54, 1.807) is 32.9 Å². The fraction of sp³-hybridized carbons (Fsp3) is 0.393. The molecule has 36 heavy (non-hydrogen) atoms. The highest BCUT2D eigenvalue weighted by atomic mass is 32.2. The average molecular weight is 508 g/mol. The minimum atomic E-state index is -3.50. The summed E-state index contributed by atoms with van der Waals surface area (Å²) < 4.78 is 26.9. The fourth-order valence-electron chi connectivity index (χ4n) is 4.18. The lowest BCUT2D eigenvalue weighted by molar-refractivity contribution is 0.255. The number of sulfonamides is 1. The smallest absolute Gasteiger partial charge is 0.237 e. The molecule has 3 N–H and O–H groups in total. The molecule has 1 aliphatic heterocycles. The zero-order valence-electron chi connectivity index (χ0n) is 21.8. The lowest BCUT2D eigenvalue weighted by atomic mass is 9.89. The largest absolute Gasteiger partial charge is 0.355 e. The van der Waals surface area contributed by atoms with Gasteiger partial charge in [0.05, 0.1) is 10.4 Å². The molecule has 1 aromatic heterocycles. The molecule has 8 heteroatoms. The number of rotatable bonds is 7. The predicted molar refractivity (Wildman–Crippen MR) is 150 cm³/mol. The molecule has 1 saturated heterocycles.